The zero-order valence-corrected chi connectivity index (χ0v) is 10.4. The van der Waals surface area contributed by atoms with Crippen LogP contribution in [0.15, 0.2) is 0 Å². The normalized spacial score (nSPS) is 27.6. The predicted molar refractivity (Wildman–Crippen MR) is 64.0 cm³/mol. The van der Waals surface area contributed by atoms with Crippen molar-refractivity contribution < 1.29 is 5.11 Å². The Bertz CT molecular complexity index is 175. The van der Waals surface area contributed by atoms with Crippen molar-refractivity contribution in [3.63, 3.8) is 0 Å². The molecular weight excluding hydrogens is 188 g/mol. The molecule has 1 heterocycles. The van der Waals surface area contributed by atoms with Crippen molar-refractivity contribution >= 4 is 0 Å². The fourth-order valence-electron chi connectivity index (χ4n) is 2.48. The molecule has 1 rings (SSSR count). The minimum Gasteiger partial charge on any atom is -0.396 e. The van der Waals surface area contributed by atoms with Gasteiger partial charge in [0.05, 0.1) is 0 Å². The van der Waals surface area contributed by atoms with Gasteiger partial charge in [-0.2, -0.15) is 0 Å². The third-order valence-electron chi connectivity index (χ3n) is 3.48. The zero-order chi connectivity index (χ0) is 11.3. The lowest BCUT2D eigenvalue weighted by molar-refractivity contribution is 0.169. The summed E-state index contributed by atoms with van der Waals surface area (Å²) in [4.78, 5) is 2.42. The fourth-order valence-corrected chi connectivity index (χ4v) is 2.48. The zero-order valence-electron chi connectivity index (χ0n) is 10.4. The summed E-state index contributed by atoms with van der Waals surface area (Å²) in [6.45, 7) is 7.16. The van der Waals surface area contributed by atoms with Crippen molar-refractivity contribution in [2.75, 3.05) is 26.7 Å². The van der Waals surface area contributed by atoms with E-state index in [4.69, 9.17) is 5.11 Å². The van der Waals surface area contributed by atoms with Gasteiger partial charge in [0.15, 0.2) is 0 Å². The standard InChI is InChI=1S/C12H26N2O/c1-10(6-8-15)13-11(2)12-5-4-7-14(3)9-12/h10-13,15H,4-9H2,1-3H3. The maximum absolute atomic E-state index is 8.85. The molecule has 1 aliphatic rings. The van der Waals surface area contributed by atoms with Crippen molar-refractivity contribution in [1.29, 1.82) is 0 Å². The van der Waals surface area contributed by atoms with Crippen molar-refractivity contribution in [1.82, 2.24) is 10.2 Å². The van der Waals surface area contributed by atoms with Crippen LogP contribution in [0.1, 0.15) is 33.1 Å². The Morgan fingerprint density at radius 2 is 2.20 bits per heavy atom. The number of nitrogens with zero attached hydrogens (tertiary/aromatic N) is 1. The Hall–Kier alpha value is -0.120. The molecule has 0 aliphatic carbocycles. The first kappa shape index (κ1) is 12.9. The first-order valence-electron chi connectivity index (χ1n) is 6.19. The van der Waals surface area contributed by atoms with E-state index < -0.39 is 0 Å². The average molecular weight is 214 g/mol. The number of aliphatic hydroxyl groups is 1. The van der Waals surface area contributed by atoms with Gasteiger partial charge < -0.3 is 15.3 Å². The maximum atomic E-state index is 8.85. The number of likely N-dealkylation sites (tertiary alicyclic amines) is 1. The predicted octanol–water partition coefficient (Wildman–Crippen LogP) is 1.08. The highest BCUT2D eigenvalue weighted by atomic mass is 16.3. The highest BCUT2D eigenvalue weighted by molar-refractivity contribution is 4.80. The van der Waals surface area contributed by atoms with E-state index in [1.165, 1.54) is 25.9 Å². The van der Waals surface area contributed by atoms with Gasteiger partial charge in [-0.15, -0.1) is 0 Å². The van der Waals surface area contributed by atoms with E-state index in [1.54, 1.807) is 0 Å². The maximum Gasteiger partial charge on any atom is 0.0445 e. The lowest BCUT2D eigenvalue weighted by Gasteiger charge is -2.35. The summed E-state index contributed by atoms with van der Waals surface area (Å²) >= 11 is 0. The molecule has 0 aromatic heterocycles. The van der Waals surface area contributed by atoms with E-state index in [0.29, 0.717) is 12.1 Å². The molecule has 3 nitrogen and oxygen atoms in total. The number of aliphatic hydroxyl groups excluding tert-OH is 1. The lowest BCUT2D eigenvalue weighted by atomic mass is 9.91. The van der Waals surface area contributed by atoms with Gasteiger partial charge >= 0.3 is 0 Å². The third kappa shape index (κ3) is 4.49. The number of nitrogens with one attached hydrogen (secondary N) is 1. The van der Waals surface area contributed by atoms with E-state index >= 15 is 0 Å². The van der Waals surface area contributed by atoms with Gasteiger partial charge in [0.25, 0.3) is 0 Å². The summed E-state index contributed by atoms with van der Waals surface area (Å²) in [5.41, 5.74) is 0. The van der Waals surface area contributed by atoms with Crippen LogP contribution in [0.5, 0.6) is 0 Å². The first-order valence-corrected chi connectivity index (χ1v) is 6.19. The SMILES string of the molecule is CC(CCO)NC(C)C1CCCN(C)C1. The van der Waals surface area contributed by atoms with Crippen LogP contribution >= 0.6 is 0 Å². The molecule has 15 heavy (non-hydrogen) atoms. The van der Waals surface area contributed by atoms with E-state index in [0.717, 1.165) is 12.3 Å². The Labute approximate surface area is 93.9 Å². The Morgan fingerprint density at radius 3 is 2.80 bits per heavy atom. The Kier molecular flexibility index (Phi) is 5.58. The second-order valence-electron chi connectivity index (χ2n) is 5.03. The molecule has 3 atom stereocenters. The van der Waals surface area contributed by atoms with Gasteiger partial charge in [-0.05, 0) is 52.6 Å². The molecule has 1 fully saturated rings. The smallest absolute Gasteiger partial charge is 0.0445 e. The highest BCUT2D eigenvalue weighted by Gasteiger charge is 2.23. The number of hydrogen-bond acceptors (Lipinski definition) is 3. The van der Waals surface area contributed by atoms with Crippen molar-refractivity contribution in [2.45, 2.75) is 45.2 Å². The van der Waals surface area contributed by atoms with Gasteiger partial charge in [0.2, 0.25) is 0 Å². The van der Waals surface area contributed by atoms with Gasteiger partial charge in [-0.3, -0.25) is 0 Å². The van der Waals surface area contributed by atoms with Crippen LogP contribution in [0.2, 0.25) is 0 Å². The Morgan fingerprint density at radius 1 is 1.47 bits per heavy atom. The molecule has 0 bridgehead atoms. The Balaban J connectivity index is 2.28. The molecule has 0 spiro atoms. The minimum atomic E-state index is 0.283. The van der Waals surface area contributed by atoms with Gasteiger partial charge in [0.1, 0.15) is 0 Å². The molecular formula is C12H26N2O. The second-order valence-corrected chi connectivity index (χ2v) is 5.03. The fraction of sp³-hybridized carbons (Fsp3) is 1.00. The molecule has 1 aliphatic heterocycles. The molecule has 0 aromatic rings. The average Bonchev–Trinajstić information content (AvgIpc) is 2.18. The molecule has 0 amide bonds. The van der Waals surface area contributed by atoms with Gasteiger partial charge in [-0.25, -0.2) is 0 Å². The summed E-state index contributed by atoms with van der Waals surface area (Å²) in [5.74, 6) is 0.768. The van der Waals surface area contributed by atoms with Crippen LogP contribution in [0.3, 0.4) is 0 Å². The lowest BCUT2D eigenvalue weighted by Crippen LogP contribution is -2.46. The highest BCUT2D eigenvalue weighted by Crippen LogP contribution is 2.18. The topological polar surface area (TPSA) is 35.5 Å². The largest absolute Gasteiger partial charge is 0.396 e. The van der Waals surface area contributed by atoms with Gasteiger partial charge in [-0.1, -0.05) is 0 Å². The van der Waals surface area contributed by atoms with Crippen LogP contribution in [-0.4, -0.2) is 48.8 Å². The number of rotatable bonds is 5. The van der Waals surface area contributed by atoms with E-state index in [-0.39, 0.29) is 6.61 Å². The summed E-state index contributed by atoms with van der Waals surface area (Å²) < 4.78 is 0. The van der Waals surface area contributed by atoms with Crippen LogP contribution in [0, 0.1) is 5.92 Å². The molecule has 3 heteroatoms. The second kappa shape index (κ2) is 6.46. The summed E-state index contributed by atoms with van der Waals surface area (Å²) in [7, 11) is 2.20. The molecule has 0 aromatic carbocycles. The summed E-state index contributed by atoms with van der Waals surface area (Å²) in [5, 5.41) is 12.4. The summed E-state index contributed by atoms with van der Waals surface area (Å²) in [6, 6.07) is 0.992. The van der Waals surface area contributed by atoms with Crippen molar-refractivity contribution in [3.05, 3.63) is 0 Å². The molecule has 1 saturated heterocycles. The minimum absolute atomic E-state index is 0.283. The number of piperidine rings is 1. The molecule has 0 radical (unpaired) electrons. The molecule has 90 valence electrons. The van der Waals surface area contributed by atoms with E-state index in [9.17, 15) is 0 Å². The molecule has 3 unspecified atom stereocenters. The molecule has 0 saturated carbocycles. The van der Waals surface area contributed by atoms with Crippen molar-refractivity contribution in [2.24, 2.45) is 5.92 Å². The van der Waals surface area contributed by atoms with Crippen LogP contribution in [0.25, 0.3) is 0 Å². The summed E-state index contributed by atoms with van der Waals surface area (Å²) in [6.07, 6.45) is 3.51. The van der Waals surface area contributed by atoms with Crippen molar-refractivity contribution in [3.8, 4) is 0 Å². The van der Waals surface area contributed by atoms with Crippen LogP contribution < -0.4 is 5.32 Å². The van der Waals surface area contributed by atoms with Crippen LogP contribution in [0.4, 0.5) is 0 Å². The first-order chi connectivity index (χ1) is 7.13. The van der Waals surface area contributed by atoms with E-state index in [2.05, 4.69) is 31.1 Å². The molecule has 2 N–H and O–H groups in total. The van der Waals surface area contributed by atoms with E-state index in [1.807, 2.05) is 0 Å². The third-order valence-corrected chi connectivity index (χ3v) is 3.48. The van der Waals surface area contributed by atoms with Gasteiger partial charge in [0, 0.05) is 25.2 Å². The quantitative estimate of drug-likeness (QED) is 0.719. The van der Waals surface area contributed by atoms with Crippen LogP contribution in [-0.2, 0) is 0 Å². The number of hydrogen-bond donors (Lipinski definition) is 2. The monoisotopic (exact) mass is 214 g/mol.